The van der Waals surface area contributed by atoms with E-state index in [1.54, 1.807) is 31.3 Å². The summed E-state index contributed by atoms with van der Waals surface area (Å²) in [6, 6.07) is 6.42. The van der Waals surface area contributed by atoms with Crippen LogP contribution in [0.3, 0.4) is 0 Å². The van der Waals surface area contributed by atoms with Crippen LogP contribution in [-0.2, 0) is 11.8 Å². The van der Waals surface area contributed by atoms with Gasteiger partial charge in [-0.3, -0.25) is 4.79 Å². The van der Waals surface area contributed by atoms with E-state index in [-0.39, 0.29) is 12.3 Å². The Morgan fingerprint density at radius 1 is 1.29 bits per heavy atom. The Morgan fingerprint density at radius 3 is 2.71 bits per heavy atom. The van der Waals surface area contributed by atoms with E-state index in [4.69, 9.17) is 0 Å². The number of nitrogens with zero attached hydrogens (tertiary/aromatic N) is 4. The molecule has 1 N–H and O–H groups in total. The number of rotatable bonds is 7. The third-order valence-electron chi connectivity index (χ3n) is 2.69. The molecule has 0 saturated heterocycles. The lowest BCUT2D eigenvalue weighted by molar-refractivity contribution is -0.115. The number of benzene rings is 1. The largest absolute Gasteiger partial charge is 0.398 e. The van der Waals surface area contributed by atoms with Crippen molar-refractivity contribution in [3.8, 4) is 0 Å². The molecule has 1 aromatic carbocycles. The SMILES string of the molecule is Cn1nnnc1SCCC(=O)Nc1ccccc1SCC(F)(F)F. The number of aryl methyl sites for hydroxylation is 1. The maximum Gasteiger partial charge on any atom is 0.398 e. The molecule has 24 heavy (non-hydrogen) atoms. The number of carbonyl (C=O) groups excluding carboxylic acids is 1. The smallest absolute Gasteiger partial charge is 0.325 e. The second-order valence-electron chi connectivity index (χ2n) is 4.63. The third kappa shape index (κ3) is 6.04. The van der Waals surface area contributed by atoms with Crippen molar-refractivity contribution in [2.24, 2.45) is 7.05 Å². The molecular weight excluding hydrogens is 363 g/mol. The molecule has 0 atom stereocenters. The first-order valence-corrected chi connectivity index (χ1v) is 8.76. The van der Waals surface area contributed by atoms with Crippen molar-refractivity contribution in [1.82, 2.24) is 20.2 Å². The van der Waals surface area contributed by atoms with Gasteiger partial charge in [0.15, 0.2) is 0 Å². The van der Waals surface area contributed by atoms with Crippen LogP contribution in [0, 0.1) is 0 Å². The fourth-order valence-electron chi connectivity index (χ4n) is 1.65. The number of tetrazole rings is 1. The first-order valence-electron chi connectivity index (χ1n) is 6.79. The minimum atomic E-state index is -4.26. The third-order valence-corrected chi connectivity index (χ3v) is 4.85. The number of halogens is 3. The molecule has 1 amide bonds. The fourth-order valence-corrected chi connectivity index (χ4v) is 3.20. The molecule has 0 bridgehead atoms. The van der Waals surface area contributed by atoms with Gasteiger partial charge in [-0.1, -0.05) is 23.9 Å². The van der Waals surface area contributed by atoms with E-state index in [2.05, 4.69) is 20.8 Å². The van der Waals surface area contributed by atoms with Crippen molar-refractivity contribution in [2.45, 2.75) is 22.6 Å². The van der Waals surface area contributed by atoms with Crippen molar-refractivity contribution >= 4 is 35.1 Å². The lowest BCUT2D eigenvalue weighted by Gasteiger charge is -2.11. The van der Waals surface area contributed by atoms with Crippen LogP contribution in [0.4, 0.5) is 18.9 Å². The first kappa shape index (κ1) is 18.6. The molecule has 0 spiro atoms. The molecule has 1 aromatic heterocycles. The van der Waals surface area contributed by atoms with Crippen LogP contribution in [0.1, 0.15) is 6.42 Å². The molecule has 0 aliphatic carbocycles. The Hall–Kier alpha value is -1.75. The van der Waals surface area contributed by atoms with E-state index in [9.17, 15) is 18.0 Å². The van der Waals surface area contributed by atoms with Crippen LogP contribution >= 0.6 is 23.5 Å². The Bertz CT molecular complexity index is 692. The Balaban J connectivity index is 1.86. The minimum absolute atomic E-state index is 0.190. The van der Waals surface area contributed by atoms with Crippen LogP contribution in [0.2, 0.25) is 0 Å². The molecule has 1 heterocycles. The van der Waals surface area contributed by atoms with Crippen molar-refractivity contribution in [1.29, 1.82) is 0 Å². The summed E-state index contributed by atoms with van der Waals surface area (Å²) in [4.78, 5) is 12.3. The lowest BCUT2D eigenvalue weighted by atomic mass is 10.3. The number of anilines is 1. The molecule has 6 nitrogen and oxygen atoms in total. The molecule has 2 rings (SSSR count). The van der Waals surface area contributed by atoms with Crippen LogP contribution < -0.4 is 5.32 Å². The van der Waals surface area contributed by atoms with E-state index in [1.807, 2.05) is 0 Å². The number of alkyl halides is 3. The van der Waals surface area contributed by atoms with E-state index in [0.29, 0.717) is 33.3 Å². The van der Waals surface area contributed by atoms with Gasteiger partial charge in [0.2, 0.25) is 11.1 Å². The van der Waals surface area contributed by atoms with Crippen LogP contribution in [-0.4, -0.2) is 43.8 Å². The van der Waals surface area contributed by atoms with Crippen molar-refractivity contribution < 1.29 is 18.0 Å². The standard InChI is InChI=1S/C13H14F3N5OS2/c1-21-12(18-19-20-21)23-7-6-11(22)17-9-4-2-3-5-10(9)24-8-13(14,15)16/h2-5H,6-8H2,1H3,(H,17,22). The van der Waals surface area contributed by atoms with Gasteiger partial charge >= 0.3 is 6.18 Å². The molecule has 0 unspecified atom stereocenters. The summed E-state index contributed by atoms with van der Waals surface area (Å²) in [5.41, 5.74) is 0.377. The van der Waals surface area contributed by atoms with E-state index < -0.39 is 11.9 Å². The van der Waals surface area contributed by atoms with E-state index in [0.717, 1.165) is 0 Å². The van der Waals surface area contributed by atoms with Crippen molar-refractivity contribution in [2.75, 3.05) is 16.8 Å². The van der Waals surface area contributed by atoms with Crippen LogP contribution in [0.15, 0.2) is 34.3 Å². The number of thioether (sulfide) groups is 2. The zero-order valence-corrected chi connectivity index (χ0v) is 14.2. The van der Waals surface area contributed by atoms with Crippen molar-refractivity contribution in [3.05, 3.63) is 24.3 Å². The van der Waals surface area contributed by atoms with E-state index in [1.165, 1.54) is 16.4 Å². The fraction of sp³-hybridized carbons (Fsp3) is 0.385. The Morgan fingerprint density at radius 2 is 2.04 bits per heavy atom. The van der Waals surface area contributed by atoms with Crippen LogP contribution in [0.25, 0.3) is 0 Å². The van der Waals surface area contributed by atoms with Gasteiger partial charge in [-0.15, -0.1) is 16.9 Å². The topological polar surface area (TPSA) is 72.7 Å². The van der Waals surface area contributed by atoms with Gasteiger partial charge in [-0.25, -0.2) is 4.68 Å². The summed E-state index contributed by atoms with van der Waals surface area (Å²) < 4.78 is 38.5. The van der Waals surface area contributed by atoms with Gasteiger partial charge in [-0.05, 0) is 22.6 Å². The highest BCUT2D eigenvalue weighted by Crippen LogP contribution is 2.32. The minimum Gasteiger partial charge on any atom is -0.325 e. The highest BCUT2D eigenvalue weighted by Gasteiger charge is 2.27. The highest BCUT2D eigenvalue weighted by molar-refractivity contribution is 7.99. The number of carbonyl (C=O) groups is 1. The molecule has 0 fully saturated rings. The maximum atomic E-state index is 12.3. The molecule has 0 aliphatic rings. The molecule has 0 aliphatic heterocycles. The monoisotopic (exact) mass is 377 g/mol. The summed E-state index contributed by atoms with van der Waals surface area (Å²) in [5.74, 6) is -0.829. The number of nitrogens with one attached hydrogen (secondary N) is 1. The van der Waals surface area contributed by atoms with E-state index >= 15 is 0 Å². The molecule has 130 valence electrons. The number of aromatic nitrogens is 4. The maximum absolute atomic E-state index is 12.3. The average Bonchev–Trinajstić information content (AvgIpc) is 2.91. The number of hydrogen-bond acceptors (Lipinski definition) is 6. The summed E-state index contributed by atoms with van der Waals surface area (Å²) in [5, 5.41) is 14.2. The lowest BCUT2D eigenvalue weighted by Crippen LogP contribution is -2.14. The summed E-state index contributed by atoms with van der Waals surface area (Å²) >= 11 is 1.97. The second-order valence-corrected chi connectivity index (χ2v) is 6.71. The zero-order valence-electron chi connectivity index (χ0n) is 12.6. The summed E-state index contributed by atoms with van der Waals surface area (Å²) in [7, 11) is 1.69. The Kier molecular flexibility index (Phi) is 6.49. The van der Waals surface area contributed by atoms with Gasteiger partial charge in [0, 0.05) is 24.1 Å². The van der Waals surface area contributed by atoms with Crippen molar-refractivity contribution in [3.63, 3.8) is 0 Å². The molecule has 0 radical (unpaired) electrons. The van der Waals surface area contributed by atoms with Crippen LogP contribution in [0.5, 0.6) is 0 Å². The normalized spacial score (nSPS) is 11.5. The summed E-state index contributed by atoms with van der Waals surface area (Å²) in [6.45, 7) is 0. The number of amides is 1. The summed E-state index contributed by atoms with van der Waals surface area (Å²) in [6.07, 6.45) is -4.07. The zero-order chi connectivity index (χ0) is 17.6. The molecule has 0 saturated carbocycles. The van der Waals surface area contributed by atoms with Gasteiger partial charge in [0.1, 0.15) is 0 Å². The van der Waals surface area contributed by atoms with Gasteiger partial charge in [0.25, 0.3) is 0 Å². The number of para-hydroxylation sites is 1. The highest BCUT2D eigenvalue weighted by atomic mass is 32.2. The average molecular weight is 377 g/mol. The molecule has 11 heteroatoms. The van der Waals surface area contributed by atoms with Gasteiger partial charge < -0.3 is 5.32 Å². The molecule has 2 aromatic rings. The second kappa shape index (κ2) is 8.38. The van der Waals surface area contributed by atoms with Gasteiger partial charge in [0.05, 0.1) is 11.4 Å². The van der Waals surface area contributed by atoms with Gasteiger partial charge in [-0.2, -0.15) is 13.2 Å². The number of hydrogen-bond donors (Lipinski definition) is 1. The Labute approximate surface area is 144 Å². The first-order chi connectivity index (χ1) is 11.3. The predicted octanol–water partition coefficient (Wildman–Crippen LogP) is 2.99. The molecular formula is C13H14F3N5OS2. The predicted molar refractivity (Wildman–Crippen MR) is 86.0 cm³/mol. The quantitative estimate of drug-likeness (QED) is 0.748.